The zero-order valence-corrected chi connectivity index (χ0v) is 18.8. The largest absolute Gasteiger partial charge is 0.354 e. The monoisotopic (exact) mass is 433 g/mol. The van der Waals surface area contributed by atoms with Gasteiger partial charge in [0.1, 0.15) is 6.04 Å². The van der Waals surface area contributed by atoms with Crippen LogP contribution in [0.3, 0.4) is 0 Å². The molecule has 2 aromatic rings. The summed E-state index contributed by atoms with van der Waals surface area (Å²) in [7, 11) is 0. The van der Waals surface area contributed by atoms with Crippen molar-refractivity contribution in [3.63, 3.8) is 0 Å². The van der Waals surface area contributed by atoms with Crippen molar-refractivity contribution in [2.45, 2.75) is 62.9 Å². The molecule has 5 nitrogen and oxygen atoms in total. The minimum Gasteiger partial charge on any atom is -0.354 e. The second-order valence-electron chi connectivity index (χ2n) is 9.35. The SMILES string of the molecule is N[C@H]1CC[C@H](CNC(=O)[C@@H]2CCCN2C(=O)CC(c2ccccc2)c2ccccc2)CC1. The van der Waals surface area contributed by atoms with Crippen molar-refractivity contribution in [1.82, 2.24) is 10.2 Å². The molecule has 3 N–H and O–H groups in total. The minimum absolute atomic E-state index is 0.00157. The van der Waals surface area contributed by atoms with Gasteiger partial charge in [-0.3, -0.25) is 9.59 Å². The number of hydrogen-bond donors (Lipinski definition) is 2. The number of benzene rings is 2. The lowest BCUT2D eigenvalue weighted by atomic mass is 9.86. The molecule has 0 radical (unpaired) electrons. The van der Waals surface area contributed by atoms with E-state index in [1.54, 1.807) is 0 Å². The van der Waals surface area contributed by atoms with Crippen molar-refractivity contribution in [3.8, 4) is 0 Å². The lowest BCUT2D eigenvalue weighted by Gasteiger charge is -2.29. The third-order valence-electron chi connectivity index (χ3n) is 7.11. The Morgan fingerprint density at radius 3 is 2.09 bits per heavy atom. The average Bonchev–Trinajstić information content (AvgIpc) is 3.33. The number of hydrogen-bond acceptors (Lipinski definition) is 3. The van der Waals surface area contributed by atoms with E-state index < -0.39 is 0 Å². The molecule has 1 saturated carbocycles. The van der Waals surface area contributed by atoms with Crippen molar-refractivity contribution in [1.29, 1.82) is 0 Å². The summed E-state index contributed by atoms with van der Waals surface area (Å²) in [5, 5.41) is 3.14. The fourth-order valence-corrected chi connectivity index (χ4v) is 5.18. The number of nitrogens with zero attached hydrogens (tertiary/aromatic N) is 1. The summed E-state index contributed by atoms with van der Waals surface area (Å²) in [6.45, 7) is 1.35. The van der Waals surface area contributed by atoms with Gasteiger partial charge in [-0.15, -0.1) is 0 Å². The molecule has 1 aliphatic carbocycles. The van der Waals surface area contributed by atoms with Crippen molar-refractivity contribution < 1.29 is 9.59 Å². The standard InChI is InChI=1S/C27H35N3O2/c28-23-15-13-20(14-16-23)19-29-27(32)25-12-7-17-30(25)26(31)18-24(21-8-3-1-4-9-21)22-10-5-2-6-11-22/h1-6,8-11,20,23-25H,7,12-19,28H2,(H,29,32)/t20-,23-,25-/m0/s1. The van der Waals surface area contributed by atoms with Gasteiger partial charge < -0.3 is 16.0 Å². The maximum absolute atomic E-state index is 13.4. The van der Waals surface area contributed by atoms with E-state index >= 15 is 0 Å². The van der Waals surface area contributed by atoms with Crippen molar-refractivity contribution in [2.24, 2.45) is 11.7 Å². The summed E-state index contributed by atoms with van der Waals surface area (Å²) in [5.41, 5.74) is 8.25. The summed E-state index contributed by atoms with van der Waals surface area (Å²) in [4.78, 5) is 28.2. The predicted molar refractivity (Wildman–Crippen MR) is 127 cm³/mol. The molecule has 4 rings (SSSR count). The summed E-state index contributed by atoms with van der Waals surface area (Å²) < 4.78 is 0. The number of rotatable bonds is 7. The molecule has 0 spiro atoms. The molecule has 2 amide bonds. The van der Waals surface area contributed by atoms with Gasteiger partial charge in [0.25, 0.3) is 0 Å². The van der Waals surface area contributed by atoms with E-state index in [1.807, 2.05) is 41.3 Å². The van der Waals surface area contributed by atoms with Crippen LogP contribution in [0.1, 0.15) is 62.0 Å². The topological polar surface area (TPSA) is 75.4 Å². The quantitative estimate of drug-likeness (QED) is 0.697. The molecule has 0 aromatic heterocycles. The van der Waals surface area contributed by atoms with Gasteiger partial charge in [-0.25, -0.2) is 0 Å². The van der Waals surface area contributed by atoms with Crippen LogP contribution in [0.5, 0.6) is 0 Å². The van der Waals surface area contributed by atoms with Crippen LogP contribution < -0.4 is 11.1 Å². The summed E-state index contributed by atoms with van der Waals surface area (Å²) in [6, 6.07) is 20.3. The molecule has 2 aliphatic rings. The molecule has 1 heterocycles. The second kappa shape index (κ2) is 10.8. The maximum Gasteiger partial charge on any atom is 0.242 e. The zero-order chi connectivity index (χ0) is 22.3. The number of nitrogens with two attached hydrogens (primary N) is 1. The van der Waals surface area contributed by atoms with Gasteiger partial charge in [0.15, 0.2) is 0 Å². The number of nitrogens with one attached hydrogen (secondary N) is 1. The van der Waals surface area contributed by atoms with Crippen LogP contribution in [0.15, 0.2) is 60.7 Å². The van der Waals surface area contributed by atoms with Crippen LogP contribution >= 0.6 is 0 Å². The third kappa shape index (κ3) is 5.57. The number of carbonyl (C=O) groups is 2. The fraction of sp³-hybridized carbons (Fsp3) is 0.481. The summed E-state index contributed by atoms with van der Waals surface area (Å²) in [6.07, 6.45) is 6.22. The first kappa shape index (κ1) is 22.5. The minimum atomic E-state index is -0.347. The first-order chi connectivity index (χ1) is 15.6. The Kier molecular flexibility index (Phi) is 7.59. The molecular weight excluding hydrogens is 398 g/mol. The van der Waals surface area contributed by atoms with Crippen LogP contribution in [-0.4, -0.2) is 41.9 Å². The van der Waals surface area contributed by atoms with Crippen molar-refractivity contribution in [2.75, 3.05) is 13.1 Å². The second-order valence-corrected chi connectivity index (χ2v) is 9.35. The van der Waals surface area contributed by atoms with E-state index in [9.17, 15) is 9.59 Å². The smallest absolute Gasteiger partial charge is 0.242 e. The molecule has 2 fully saturated rings. The average molecular weight is 434 g/mol. The van der Waals surface area contributed by atoms with Crippen LogP contribution in [0.2, 0.25) is 0 Å². The van der Waals surface area contributed by atoms with Crippen LogP contribution in [0.25, 0.3) is 0 Å². The number of amides is 2. The first-order valence-electron chi connectivity index (χ1n) is 12.0. The first-order valence-corrected chi connectivity index (χ1v) is 12.0. The highest BCUT2D eigenvalue weighted by atomic mass is 16.2. The Bertz CT molecular complexity index is 839. The molecule has 1 atom stereocenters. The third-order valence-corrected chi connectivity index (χ3v) is 7.11. The fourth-order valence-electron chi connectivity index (χ4n) is 5.18. The van der Waals surface area contributed by atoms with E-state index in [1.165, 1.54) is 0 Å². The Morgan fingerprint density at radius 1 is 0.906 bits per heavy atom. The van der Waals surface area contributed by atoms with Gasteiger partial charge in [-0.1, -0.05) is 60.7 Å². The van der Waals surface area contributed by atoms with Gasteiger partial charge in [0.2, 0.25) is 11.8 Å². The van der Waals surface area contributed by atoms with E-state index in [0.29, 0.717) is 31.5 Å². The molecule has 5 heteroatoms. The van der Waals surface area contributed by atoms with Crippen molar-refractivity contribution >= 4 is 11.8 Å². The Hall–Kier alpha value is -2.66. The Balaban J connectivity index is 1.40. The molecule has 1 saturated heterocycles. The van der Waals surface area contributed by atoms with Crippen LogP contribution in [-0.2, 0) is 9.59 Å². The zero-order valence-electron chi connectivity index (χ0n) is 18.8. The van der Waals surface area contributed by atoms with Crippen molar-refractivity contribution in [3.05, 3.63) is 71.8 Å². The van der Waals surface area contributed by atoms with Gasteiger partial charge in [-0.05, 0) is 55.6 Å². The van der Waals surface area contributed by atoms with Crippen LogP contribution in [0.4, 0.5) is 0 Å². The summed E-state index contributed by atoms with van der Waals surface area (Å²) >= 11 is 0. The Labute approximate surface area is 191 Å². The van der Waals surface area contributed by atoms with Gasteiger partial charge in [0.05, 0.1) is 0 Å². The summed E-state index contributed by atoms with van der Waals surface area (Å²) in [5.74, 6) is 0.552. The molecule has 32 heavy (non-hydrogen) atoms. The van der Waals surface area contributed by atoms with Crippen LogP contribution in [0, 0.1) is 5.92 Å². The molecule has 0 bridgehead atoms. The highest BCUT2D eigenvalue weighted by molar-refractivity contribution is 5.88. The van der Waals surface area contributed by atoms with Gasteiger partial charge >= 0.3 is 0 Å². The van der Waals surface area contributed by atoms with E-state index in [4.69, 9.17) is 5.73 Å². The molecule has 0 unspecified atom stereocenters. The lowest BCUT2D eigenvalue weighted by molar-refractivity contribution is -0.138. The predicted octanol–water partition coefficient (Wildman–Crippen LogP) is 3.83. The molecule has 170 valence electrons. The number of likely N-dealkylation sites (tertiary alicyclic amines) is 1. The molecule has 1 aliphatic heterocycles. The van der Waals surface area contributed by atoms with Gasteiger partial charge in [0, 0.05) is 31.5 Å². The molecule has 2 aromatic carbocycles. The van der Waals surface area contributed by atoms with E-state index in [2.05, 4.69) is 29.6 Å². The number of carbonyl (C=O) groups excluding carboxylic acids is 2. The highest BCUT2D eigenvalue weighted by Crippen LogP contribution is 2.30. The Morgan fingerprint density at radius 2 is 1.50 bits per heavy atom. The van der Waals surface area contributed by atoms with E-state index in [0.717, 1.165) is 49.7 Å². The highest BCUT2D eigenvalue weighted by Gasteiger charge is 2.35. The van der Waals surface area contributed by atoms with E-state index in [-0.39, 0.29) is 23.8 Å². The maximum atomic E-state index is 13.4. The molecular formula is C27H35N3O2. The normalized spacial score (nSPS) is 23.3. The van der Waals surface area contributed by atoms with Gasteiger partial charge in [-0.2, -0.15) is 0 Å². The lowest BCUT2D eigenvalue weighted by Crippen LogP contribution is -2.47.